The van der Waals surface area contributed by atoms with Crippen LogP contribution in [-0.4, -0.2) is 0 Å². The van der Waals surface area contributed by atoms with Crippen LogP contribution in [-0.2, 0) is 18.7 Å². The average molecular weight is 225 g/mol. The number of hydrogen-bond acceptors (Lipinski definition) is 0. The highest BCUT2D eigenvalue weighted by Gasteiger charge is 2.04. The van der Waals surface area contributed by atoms with Crippen molar-refractivity contribution < 1.29 is 0 Å². The standard InChI is InChI=1S/C14H21Cl/c1-4-5-13-9-12(8-11(2)3)6-7-14(13)10-15/h6-7,9,11H,4-5,8,10H2,1-3H3. The molecular formula is C14H21Cl. The zero-order chi connectivity index (χ0) is 11.3. The Balaban J connectivity index is 2.88. The molecule has 0 heterocycles. The van der Waals surface area contributed by atoms with Crippen molar-refractivity contribution >= 4 is 11.6 Å². The third-order valence-electron chi connectivity index (χ3n) is 2.58. The van der Waals surface area contributed by atoms with Crippen molar-refractivity contribution in [3.8, 4) is 0 Å². The fourth-order valence-corrected chi connectivity index (χ4v) is 2.17. The molecule has 1 aromatic carbocycles. The van der Waals surface area contributed by atoms with Crippen LogP contribution in [0.15, 0.2) is 18.2 Å². The maximum Gasteiger partial charge on any atom is 0.0476 e. The van der Waals surface area contributed by atoms with Crippen LogP contribution in [0.25, 0.3) is 0 Å². The van der Waals surface area contributed by atoms with Crippen molar-refractivity contribution in [2.24, 2.45) is 5.92 Å². The lowest BCUT2D eigenvalue weighted by atomic mass is 9.96. The normalized spacial score (nSPS) is 11.0. The SMILES string of the molecule is CCCc1cc(CC(C)C)ccc1CCl. The molecule has 84 valence electrons. The fraction of sp³-hybridized carbons (Fsp3) is 0.571. The molecule has 0 amide bonds. The van der Waals surface area contributed by atoms with Crippen molar-refractivity contribution in [3.05, 3.63) is 34.9 Å². The highest BCUT2D eigenvalue weighted by Crippen LogP contribution is 2.18. The van der Waals surface area contributed by atoms with Gasteiger partial charge in [-0.25, -0.2) is 0 Å². The Kier molecular flexibility index (Phi) is 5.17. The van der Waals surface area contributed by atoms with Gasteiger partial charge >= 0.3 is 0 Å². The third kappa shape index (κ3) is 3.87. The number of hydrogen-bond donors (Lipinski definition) is 0. The largest absolute Gasteiger partial charge is 0.122 e. The summed E-state index contributed by atoms with van der Waals surface area (Å²) in [6.07, 6.45) is 3.50. The van der Waals surface area contributed by atoms with Gasteiger partial charge in [0, 0.05) is 5.88 Å². The van der Waals surface area contributed by atoms with Gasteiger partial charge in [-0.2, -0.15) is 0 Å². The topological polar surface area (TPSA) is 0 Å². The van der Waals surface area contributed by atoms with E-state index in [0.29, 0.717) is 5.88 Å². The summed E-state index contributed by atoms with van der Waals surface area (Å²) in [7, 11) is 0. The van der Waals surface area contributed by atoms with Crippen LogP contribution in [0.5, 0.6) is 0 Å². The van der Waals surface area contributed by atoms with Crippen molar-refractivity contribution in [1.29, 1.82) is 0 Å². The molecule has 0 aliphatic carbocycles. The molecule has 0 fully saturated rings. The van der Waals surface area contributed by atoms with E-state index in [1.807, 2.05) is 0 Å². The van der Waals surface area contributed by atoms with E-state index in [-0.39, 0.29) is 0 Å². The second-order valence-electron chi connectivity index (χ2n) is 4.58. The van der Waals surface area contributed by atoms with Crippen LogP contribution in [0.3, 0.4) is 0 Å². The maximum atomic E-state index is 5.93. The lowest BCUT2D eigenvalue weighted by Gasteiger charge is -2.10. The third-order valence-corrected chi connectivity index (χ3v) is 2.87. The molecule has 0 saturated carbocycles. The summed E-state index contributed by atoms with van der Waals surface area (Å²) in [5, 5.41) is 0. The van der Waals surface area contributed by atoms with Crippen LogP contribution in [0.1, 0.15) is 43.9 Å². The Morgan fingerprint density at radius 2 is 1.93 bits per heavy atom. The van der Waals surface area contributed by atoms with Crippen molar-refractivity contribution in [1.82, 2.24) is 0 Å². The number of halogens is 1. The van der Waals surface area contributed by atoms with Crippen molar-refractivity contribution in [2.45, 2.75) is 45.9 Å². The lowest BCUT2D eigenvalue weighted by molar-refractivity contribution is 0.646. The Labute approximate surface area is 98.7 Å². The molecule has 0 nitrogen and oxygen atoms in total. The van der Waals surface area contributed by atoms with E-state index >= 15 is 0 Å². The van der Waals surface area contributed by atoms with E-state index in [4.69, 9.17) is 11.6 Å². The van der Waals surface area contributed by atoms with E-state index < -0.39 is 0 Å². The number of rotatable bonds is 5. The van der Waals surface area contributed by atoms with E-state index in [0.717, 1.165) is 12.3 Å². The molecular weight excluding hydrogens is 204 g/mol. The van der Waals surface area contributed by atoms with Crippen LogP contribution in [0.4, 0.5) is 0 Å². The summed E-state index contributed by atoms with van der Waals surface area (Å²) in [6.45, 7) is 6.73. The van der Waals surface area contributed by atoms with Gasteiger partial charge in [0.25, 0.3) is 0 Å². The highest BCUT2D eigenvalue weighted by atomic mass is 35.5. The summed E-state index contributed by atoms with van der Waals surface area (Å²) < 4.78 is 0. The molecule has 0 bridgehead atoms. The van der Waals surface area contributed by atoms with Crippen molar-refractivity contribution in [2.75, 3.05) is 0 Å². The number of alkyl halides is 1. The van der Waals surface area contributed by atoms with Crippen LogP contribution >= 0.6 is 11.6 Å². The smallest absolute Gasteiger partial charge is 0.0476 e. The number of benzene rings is 1. The summed E-state index contributed by atoms with van der Waals surface area (Å²) in [4.78, 5) is 0. The van der Waals surface area contributed by atoms with Gasteiger partial charge < -0.3 is 0 Å². The first-order valence-electron chi connectivity index (χ1n) is 5.84. The Morgan fingerprint density at radius 1 is 1.20 bits per heavy atom. The van der Waals surface area contributed by atoms with E-state index in [1.165, 1.54) is 29.5 Å². The Morgan fingerprint density at radius 3 is 2.47 bits per heavy atom. The van der Waals surface area contributed by atoms with Crippen LogP contribution in [0, 0.1) is 5.92 Å². The lowest BCUT2D eigenvalue weighted by Crippen LogP contribution is -1.98. The Hall–Kier alpha value is -0.490. The second-order valence-corrected chi connectivity index (χ2v) is 4.85. The minimum atomic E-state index is 0.636. The first-order chi connectivity index (χ1) is 7.17. The average Bonchev–Trinajstić information content (AvgIpc) is 2.18. The zero-order valence-electron chi connectivity index (χ0n) is 10.0. The first kappa shape index (κ1) is 12.6. The Bertz CT molecular complexity index is 302. The van der Waals surface area contributed by atoms with Crippen molar-refractivity contribution in [3.63, 3.8) is 0 Å². The predicted octanol–water partition coefficient (Wildman–Crippen LogP) is 4.58. The second kappa shape index (κ2) is 6.17. The van der Waals surface area contributed by atoms with E-state index in [9.17, 15) is 0 Å². The number of aryl methyl sites for hydroxylation is 1. The molecule has 0 aliphatic rings. The van der Waals surface area contributed by atoms with E-state index in [1.54, 1.807) is 0 Å². The molecule has 0 spiro atoms. The zero-order valence-corrected chi connectivity index (χ0v) is 10.8. The molecule has 1 heteroatoms. The first-order valence-corrected chi connectivity index (χ1v) is 6.37. The van der Waals surface area contributed by atoms with Gasteiger partial charge in [-0.05, 0) is 35.4 Å². The fourth-order valence-electron chi connectivity index (χ4n) is 1.91. The summed E-state index contributed by atoms with van der Waals surface area (Å²) >= 11 is 5.93. The molecule has 0 unspecified atom stereocenters. The van der Waals surface area contributed by atoms with Gasteiger partial charge in [-0.3, -0.25) is 0 Å². The molecule has 0 N–H and O–H groups in total. The monoisotopic (exact) mass is 224 g/mol. The van der Waals surface area contributed by atoms with Gasteiger partial charge in [0.2, 0.25) is 0 Å². The minimum absolute atomic E-state index is 0.636. The van der Waals surface area contributed by atoms with Crippen LogP contribution in [0.2, 0.25) is 0 Å². The summed E-state index contributed by atoms with van der Waals surface area (Å²) in [5.74, 6) is 1.36. The molecule has 0 atom stereocenters. The molecule has 0 aromatic heterocycles. The molecule has 15 heavy (non-hydrogen) atoms. The molecule has 1 aromatic rings. The molecule has 0 aliphatic heterocycles. The predicted molar refractivity (Wildman–Crippen MR) is 68.5 cm³/mol. The van der Waals surface area contributed by atoms with Gasteiger partial charge in [-0.1, -0.05) is 45.4 Å². The van der Waals surface area contributed by atoms with Gasteiger partial charge in [-0.15, -0.1) is 11.6 Å². The molecule has 1 rings (SSSR count). The highest BCUT2D eigenvalue weighted by molar-refractivity contribution is 6.17. The maximum absolute atomic E-state index is 5.93. The summed E-state index contributed by atoms with van der Waals surface area (Å²) in [5.41, 5.74) is 4.18. The van der Waals surface area contributed by atoms with Gasteiger partial charge in [0.05, 0.1) is 0 Å². The molecule has 0 saturated heterocycles. The quantitative estimate of drug-likeness (QED) is 0.643. The minimum Gasteiger partial charge on any atom is -0.122 e. The summed E-state index contributed by atoms with van der Waals surface area (Å²) in [6, 6.07) is 6.74. The van der Waals surface area contributed by atoms with E-state index in [2.05, 4.69) is 39.0 Å². The van der Waals surface area contributed by atoms with Gasteiger partial charge in [0.1, 0.15) is 0 Å². The van der Waals surface area contributed by atoms with Gasteiger partial charge in [0.15, 0.2) is 0 Å². The van der Waals surface area contributed by atoms with Crippen LogP contribution < -0.4 is 0 Å². The molecule has 0 radical (unpaired) electrons.